The van der Waals surface area contributed by atoms with Gasteiger partial charge in [0.2, 0.25) is 0 Å². The van der Waals surface area contributed by atoms with Crippen molar-refractivity contribution in [2.45, 2.75) is 32.9 Å². The first-order chi connectivity index (χ1) is 17.3. The van der Waals surface area contributed by atoms with Crippen LogP contribution in [0.1, 0.15) is 35.3 Å². The Balaban J connectivity index is 1.38. The zero-order chi connectivity index (χ0) is 25.3. The van der Waals surface area contributed by atoms with E-state index in [-0.39, 0.29) is 12.5 Å². The Morgan fingerprint density at radius 3 is 2.72 bits per heavy atom. The van der Waals surface area contributed by atoms with Crippen molar-refractivity contribution >= 4 is 28.0 Å². The summed E-state index contributed by atoms with van der Waals surface area (Å²) < 4.78 is 1.78. The molecule has 0 aliphatic heterocycles. The van der Waals surface area contributed by atoms with Crippen LogP contribution in [0.4, 0.5) is 0 Å². The second-order valence-electron chi connectivity index (χ2n) is 9.38. The summed E-state index contributed by atoms with van der Waals surface area (Å²) in [5.41, 5.74) is 7.62. The first-order valence-electron chi connectivity index (χ1n) is 11.6. The molecule has 0 aliphatic carbocycles. The Morgan fingerprint density at radius 1 is 1.08 bits per heavy atom. The number of amides is 1. The van der Waals surface area contributed by atoms with Gasteiger partial charge in [0.15, 0.2) is 5.65 Å². The van der Waals surface area contributed by atoms with Crippen molar-refractivity contribution in [1.82, 2.24) is 30.4 Å². The molecule has 182 valence electrons. The van der Waals surface area contributed by atoms with Crippen LogP contribution in [0.2, 0.25) is 0 Å². The minimum atomic E-state index is -1.04. The van der Waals surface area contributed by atoms with Crippen molar-refractivity contribution < 1.29 is 14.7 Å². The van der Waals surface area contributed by atoms with Gasteiger partial charge in [-0.2, -0.15) is 0 Å². The first kappa shape index (κ1) is 23.5. The molecule has 0 radical (unpaired) electrons. The lowest BCUT2D eigenvalue weighted by molar-refractivity contribution is -0.0522. The summed E-state index contributed by atoms with van der Waals surface area (Å²) in [6, 6.07) is 19.4. The van der Waals surface area contributed by atoms with Crippen molar-refractivity contribution in [1.29, 1.82) is 0 Å². The van der Waals surface area contributed by atoms with Crippen LogP contribution in [0.25, 0.3) is 33.3 Å². The average molecular weight is 483 g/mol. The molecule has 0 unspecified atom stereocenters. The fourth-order valence-electron chi connectivity index (χ4n) is 3.93. The molecule has 0 spiro atoms. The Hall–Kier alpha value is -4.21. The van der Waals surface area contributed by atoms with Gasteiger partial charge in [-0.05, 0) is 74.4 Å². The molecule has 0 saturated heterocycles. The smallest absolute Gasteiger partial charge is 0.275 e. The fourth-order valence-corrected chi connectivity index (χ4v) is 3.93. The molecule has 1 amide bonds. The monoisotopic (exact) mass is 482 g/mol. The summed E-state index contributed by atoms with van der Waals surface area (Å²) in [6.07, 6.45) is 1.78. The first-order valence-corrected chi connectivity index (χ1v) is 11.6. The van der Waals surface area contributed by atoms with Crippen LogP contribution in [0, 0.1) is 6.92 Å². The quantitative estimate of drug-likeness (QED) is 0.339. The molecular weight excluding hydrogens is 456 g/mol. The average Bonchev–Trinajstić information content (AvgIpc) is 3.25. The minimum Gasteiger partial charge on any atom is -0.388 e. The number of carbonyl (C=O) groups excluding carboxylic acids is 1. The van der Waals surface area contributed by atoms with Crippen molar-refractivity contribution in [3.8, 4) is 11.3 Å². The summed E-state index contributed by atoms with van der Waals surface area (Å²) in [7, 11) is 0. The van der Waals surface area contributed by atoms with E-state index in [0.717, 1.165) is 33.3 Å². The lowest BCUT2D eigenvalue weighted by Crippen LogP contribution is -2.33. The predicted octanol–water partition coefficient (Wildman–Crippen LogP) is 3.83. The van der Waals surface area contributed by atoms with Crippen LogP contribution in [0.15, 0.2) is 66.9 Å². The van der Waals surface area contributed by atoms with E-state index in [0.29, 0.717) is 23.3 Å². The minimum absolute atomic E-state index is 0.0163. The van der Waals surface area contributed by atoms with Crippen LogP contribution in [0.3, 0.4) is 0 Å². The molecule has 9 nitrogen and oxygen atoms in total. The maximum absolute atomic E-state index is 12.5. The van der Waals surface area contributed by atoms with E-state index in [4.69, 9.17) is 9.82 Å². The summed E-state index contributed by atoms with van der Waals surface area (Å²) in [6.45, 7) is 5.57. The van der Waals surface area contributed by atoms with Crippen LogP contribution in [0.5, 0.6) is 0 Å². The Labute approximate surface area is 207 Å². The largest absolute Gasteiger partial charge is 0.388 e. The third-order valence-electron chi connectivity index (χ3n) is 5.72. The molecule has 0 atom stereocenters. The number of rotatable bonds is 7. The Morgan fingerprint density at radius 2 is 1.92 bits per heavy atom. The molecule has 9 heteroatoms. The van der Waals surface area contributed by atoms with Crippen LogP contribution < -0.4 is 5.48 Å². The number of nitrogens with zero attached hydrogens (tertiary/aromatic N) is 5. The van der Waals surface area contributed by atoms with Gasteiger partial charge in [0.05, 0.1) is 23.4 Å². The van der Waals surface area contributed by atoms with Gasteiger partial charge in [-0.15, -0.1) is 5.10 Å². The second kappa shape index (κ2) is 9.44. The van der Waals surface area contributed by atoms with Gasteiger partial charge in [0.1, 0.15) is 12.1 Å². The van der Waals surface area contributed by atoms with E-state index >= 15 is 0 Å². The number of aryl methyl sites for hydroxylation is 1. The molecule has 5 rings (SSSR count). The van der Waals surface area contributed by atoms with E-state index in [2.05, 4.69) is 26.8 Å². The van der Waals surface area contributed by atoms with Crippen LogP contribution in [-0.4, -0.2) is 48.2 Å². The summed E-state index contributed by atoms with van der Waals surface area (Å²) in [5, 5.41) is 19.4. The molecule has 2 N–H and O–H groups in total. The van der Waals surface area contributed by atoms with Crippen LogP contribution in [-0.2, 0) is 11.4 Å². The standard InChI is InChI=1S/C27H26N6O3/c1-17-13-20(7-8-21(17)26(34)31-36-16-27(2,3)35)23-10-11-24-25(29-23)33(32-30-24)15-18-6-9-22-19(14-18)5-4-12-28-22/h4-14,35H,15-16H2,1-3H3,(H,31,34). The van der Waals surface area contributed by atoms with E-state index < -0.39 is 5.60 Å². The number of fused-ring (bicyclic) bond motifs is 2. The van der Waals surface area contributed by atoms with Crippen LogP contribution >= 0.6 is 0 Å². The third-order valence-corrected chi connectivity index (χ3v) is 5.72. The van der Waals surface area contributed by atoms with Crippen molar-refractivity contribution in [3.63, 3.8) is 0 Å². The molecular formula is C27H26N6O3. The molecule has 0 saturated carbocycles. The topological polar surface area (TPSA) is 115 Å². The number of aromatic nitrogens is 5. The number of hydrogen-bond acceptors (Lipinski definition) is 7. The normalized spacial score (nSPS) is 11.8. The molecule has 2 aromatic carbocycles. The lowest BCUT2D eigenvalue weighted by atomic mass is 10.0. The van der Waals surface area contributed by atoms with Gasteiger partial charge in [-0.25, -0.2) is 15.1 Å². The number of pyridine rings is 2. The van der Waals surface area contributed by atoms with E-state index in [1.54, 1.807) is 30.8 Å². The van der Waals surface area contributed by atoms with E-state index in [1.807, 2.05) is 55.5 Å². The van der Waals surface area contributed by atoms with E-state index in [9.17, 15) is 9.90 Å². The van der Waals surface area contributed by atoms with E-state index in [1.165, 1.54) is 0 Å². The highest BCUT2D eigenvalue weighted by molar-refractivity contribution is 5.95. The number of hydrogen-bond donors (Lipinski definition) is 2. The zero-order valence-electron chi connectivity index (χ0n) is 20.3. The SMILES string of the molecule is Cc1cc(-c2ccc3nnn(Cc4ccc5ncccc5c4)c3n2)ccc1C(=O)NOCC(C)(C)O. The summed E-state index contributed by atoms with van der Waals surface area (Å²) >= 11 is 0. The van der Waals surface area contributed by atoms with Gasteiger partial charge in [-0.1, -0.05) is 23.4 Å². The number of hydroxylamine groups is 1. The fraction of sp³-hybridized carbons (Fsp3) is 0.222. The van der Waals surface area contributed by atoms with Gasteiger partial charge >= 0.3 is 0 Å². The van der Waals surface area contributed by atoms with Gasteiger partial charge in [0.25, 0.3) is 5.91 Å². The number of carbonyl (C=O) groups is 1. The number of nitrogens with one attached hydrogen (secondary N) is 1. The summed E-state index contributed by atoms with van der Waals surface area (Å²) in [4.78, 5) is 26.8. The molecule has 3 heterocycles. The second-order valence-corrected chi connectivity index (χ2v) is 9.38. The molecule has 0 aliphatic rings. The molecule has 0 bridgehead atoms. The van der Waals surface area contributed by atoms with Crippen molar-refractivity contribution in [2.75, 3.05) is 6.61 Å². The zero-order valence-corrected chi connectivity index (χ0v) is 20.3. The highest BCUT2D eigenvalue weighted by atomic mass is 16.7. The predicted molar refractivity (Wildman–Crippen MR) is 136 cm³/mol. The number of aliphatic hydroxyl groups is 1. The van der Waals surface area contributed by atoms with Gasteiger partial charge < -0.3 is 5.11 Å². The van der Waals surface area contributed by atoms with Gasteiger partial charge in [-0.3, -0.25) is 14.6 Å². The molecule has 0 fully saturated rings. The van der Waals surface area contributed by atoms with Crippen molar-refractivity contribution in [3.05, 3.63) is 83.6 Å². The lowest BCUT2D eigenvalue weighted by Gasteiger charge is -2.17. The highest BCUT2D eigenvalue weighted by Gasteiger charge is 2.16. The molecule has 3 aromatic heterocycles. The highest BCUT2D eigenvalue weighted by Crippen LogP contribution is 2.24. The molecule has 5 aromatic rings. The van der Waals surface area contributed by atoms with Gasteiger partial charge in [0, 0.05) is 22.7 Å². The Kier molecular flexibility index (Phi) is 6.17. The Bertz CT molecular complexity index is 1570. The maximum Gasteiger partial charge on any atom is 0.275 e. The maximum atomic E-state index is 12.5. The molecule has 36 heavy (non-hydrogen) atoms. The third kappa shape index (κ3) is 5.07. The number of benzene rings is 2. The van der Waals surface area contributed by atoms with Crippen molar-refractivity contribution in [2.24, 2.45) is 0 Å². The summed E-state index contributed by atoms with van der Waals surface area (Å²) in [5.74, 6) is -0.375.